The van der Waals surface area contributed by atoms with E-state index in [1.807, 2.05) is 25.7 Å². The fraction of sp³-hybridized carbons (Fsp3) is 0.947. The number of rotatable bonds is 2. The molecule has 2 heterocycles. The van der Waals surface area contributed by atoms with Gasteiger partial charge in [-0.05, 0) is 72.4 Å². The summed E-state index contributed by atoms with van der Waals surface area (Å²) in [6.45, 7) is 12.3. The van der Waals surface area contributed by atoms with Gasteiger partial charge in [0, 0.05) is 18.6 Å². The maximum absolute atomic E-state index is 12.4. The molecule has 4 nitrogen and oxygen atoms in total. The molecule has 0 aromatic heterocycles. The molecular formula is C19H36N2O2. The van der Waals surface area contributed by atoms with Crippen molar-refractivity contribution >= 4 is 6.09 Å². The summed E-state index contributed by atoms with van der Waals surface area (Å²) in [5.74, 6) is 0. The molecule has 2 saturated heterocycles. The van der Waals surface area contributed by atoms with Gasteiger partial charge in [0.1, 0.15) is 5.60 Å². The average molecular weight is 325 g/mol. The first-order valence-corrected chi connectivity index (χ1v) is 9.59. The van der Waals surface area contributed by atoms with Crippen molar-refractivity contribution in [3.8, 4) is 0 Å². The number of carbonyl (C=O) groups excluding carboxylic acids is 1. The van der Waals surface area contributed by atoms with E-state index < -0.39 is 5.60 Å². The van der Waals surface area contributed by atoms with Crippen LogP contribution in [0.3, 0.4) is 0 Å². The Hall–Kier alpha value is -0.770. The first kappa shape index (κ1) is 18.6. The van der Waals surface area contributed by atoms with Crippen LogP contribution in [0.2, 0.25) is 0 Å². The van der Waals surface area contributed by atoms with Gasteiger partial charge in [0.05, 0.1) is 0 Å². The second-order valence-electron chi connectivity index (χ2n) is 8.30. The minimum atomic E-state index is -0.407. The summed E-state index contributed by atoms with van der Waals surface area (Å²) in [4.78, 5) is 17.1. The molecule has 0 radical (unpaired) electrons. The fourth-order valence-corrected chi connectivity index (χ4v) is 4.13. The molecule has 2 aliphatic rings. The minimum Gasteiger partial charge on any atom is -0.444 e. The molecule has 1 amide bonds. The molecule has 1 atom stereocenters. The average Bonchev–Trinajstić information content (AvgIpc) is 2.87. The molecule has 23 heavy (non-hydrogen) atoms. The molecule has 1 unspecified atom stereocenters. The minimum absolute atomic E-state index is 0.139. The smallest absolute Gasteiger partial charge is 0.410 e. The summed E-state index contributed by atoms with van der Waals surface area (Å²) >= 11 is 0. The Kier molecular flexibility index (Phi) is 6.35. The van der Waals surface area contributed by atoms with Gasteiger partial charge in [-0.15, -0.1) is 0 Å². The molecule has 2 aliphatic heterocycles. The third-order valence-electron chi connectivity index (χ3n) is 5.50. The largest absolute Gasteiger partial charge is 0.444 e. The van der Waals surface area contributed by atoms with Crippen molar-refractivity contribution in [1.82, 2.24) is 9.80 Å². The normalized spacial score (nSPS) is 28.1. The monoisotopic (exact) mass is 324 g/mol. The molecule has 0 bridgehead atoms. The van der Waals surface area contributed by atoms with E-state index in [1.54, 1.807) is 0 Å². The van der Waals surface area contributed by atoms with Gasteiger partial charge < -0.3 is 9.64 Å². The van der Waals surface area contributed by atoms with E-state index in [4.69, 9.17) is 4.74 Å². The zero-order chi connectivity index (χ0) is 16.9. The molecule has 0 N–H and O–H groups in total. The standard InChI is InChI=1S/C19H36N2O2/c1-5-19(21-14-8-6-7-9-15-21)11-10-13-20(16-12-19)17(22)23-18(2,3)4/h5-16H2,1-4H3. The van der Waals surface area contributed by atoms with E-state index in [0.717, 1.165) is 25.9 Å². The third kappa shape index (κ3) is 5.10. The van der Waals surface area contributed by atoms with Crippen molar-refractivity contribution in [3.63, 3.8) is 0 Å². The zero-order valence-electron chi connectivity index (χ0n) is 15.7. The Morgan fingerprint density at radius 1 is 0.957 bits per heavy atom. The number of nitrogens with zero attached hydrogens (tertiary/aromatic N) is 2. The lowest BCUT2D eigenvalue weighted by atomic mass is 9.85. The molecule has 4 heteroatoms. The van der Waals surface area contributed by atoms with Crippen LogP contribution in [0.5, 0.6) is 0 Å². The van der Waals surface area contributed by atoms with Crippen LogP contribution >= 0.6 is 0 Å². The predicted molar refractivity (Wildman–Crippen MR) is 94.7 cm³/mol. The van der Waals surface area contributed by atoms with Crippen molar-refractivity contribution in [1.29, 1.82) is 0 Å². The van der Waals surface area contributed by atoms with Gasteiger partial charge in [0.25, 0.3) is 0 Å². The van der Waals surface area contributed by atoms with Crippen LogP contribution in [0.4, 0.5) is 4.79 Å². The number of ether oxygens (including phenoxy) is 1. The lowest BCUT2D eigenvalue weighted by molar-refractivity contribution is 0.0234. The topological polar surface area (TPSA) is 32.8 Å². The number of amides is 1. The summed E-state index contributed by atoms with van der Waals surface area (Å²) in [6, 6.07) is 0. The Morgan fingerprint density at radius 2 is 1.61 bits per heavy atom. The summed E-state index contributed by atoms with van der Waals surface area (Å²) < 4.78 is 5.57. The highest BCUT2D eigenvalue weighted by Crippen LogP contribution is 2.34. The van der Waals surface area contributed by atoms with Crippen molar-refractivity contribution in [2.24, 2.45) is 0 Å². The fourth-order valence-electron chi connectivity index (χ4n) is 4.13. The summed E-state index contributed by atoms with van der Waals surface area (Å²) in [7, 11) is 0. The van der Waals surface area contributed by atoms with E-state index >= 15 is 0 Å². The predicted octanol–water partition coefficient (Wildman–Crippen LogP) is 4.43. The first-order valence-electron chi connectivity index (χ1n) is 9.59. The Bertz CT molecular complexity index is 383. The van der Waals surface area contributed by atoms with Crippen LogP contribution in [0.25, 0.3) is 0 Å². The van der Waals surface area contributed by atoms with Gasteiger partial charge in [-0.2, -0.15) is 0 Å². The first-order chi connectivity index (χ1) is 10.9. The van der Waals surface area contributed by atoms with Crippen LogP contribution in [0, 0.1) is 0 Å². The summed E-state index contributed by atoms with van der Waals surface area (Å²) in [6.07, 6.45) is 9.85. The molecule has 0 aromatic rings. The number of hydrogen-bond donors (Lipinski definition) is 0. The van der Waals surface area contributed by atoms with Gasteiger partial charge >= 0.3 is 6.09 Å². The van der Waals surface area contributed by atoms with Gasteiger partial charge in [0.15, 0.2) is 0 Å². The van der Waals surface area contributed by atoms with Gasteiger partial charge in [-0.3, -0.25) is 4.90 Å². The quantitative estimate of drug-likeness (QED) is 0.753. The number of carbonyl (C=O) groups is 1. The highest BCUT2D eigenvalue weighted by molar-refractivity contribution is 5.68. The van der Waals surface area contributed by atoms with Crippen molar-refractivity contribution < 1.29 is 9.53 Å². The van der Waals surface area contributed by atoms with Crippen LogP contribution in [-0.2, 0) is 4.74 Å². The maximum atomic E-state index is 12.4. The zero-order valence-corrected chi connectivity index (χ0v) is 15.7. The van der Waals surface area contributed by atoms with Crippen molar-refractivity contribution in [2.45, 2.75) is 90.2 Å². The molecule has 0 spiro atoms. The van der Waals surface area contributed by atoms with Gasteiger partial charge in [0.2, 0.25) is 0 Å². The maximum Gasteiger partial charge on any atom is 0.410 e. The molecule has 2 fully saturated rings. The van der Waals surface area contributed by atoms with Gasteiger partial charge in [-0.25, -0.2) is 4.79 Å². The van der Waals surface area contributed by atoms with E-state index in [0.29, 0.717) is 5.54 Å². The molecule has 0 aliphatic carbocycles. The van der Waals surface area contributed by atoms with E-state index in [2.05, 4.69) is 11.8 Å². The molecule has 2 rings (SSSR count). The van der Waals surface area contributed by atoms with Crippen molar-refractivity contribution in [2.75, 3.05) is 26.2 Å². The van der Waals surface area contributed by atoms with E-state index in [1.165, 1.54) is 51.6 Å². The lowest BCUT2D eigenvalue weighted by Crippen LogP contribution is -2.49. The summed E-state index contributed by atoms with van der Waals surface area (Å²) in [5, 5.41) is 0. The highest BCUT2D eigenvalue weighted by atomic mass is 16.6. The second-order valence-corrected chi connectivity index (χ2v) is 8.30. The Balaban J connectivity index is 2.01. The van der Waals surface area contributed by atoms with Crippen LogP contribution in [0.15, 0.2) is 0 Å². The van der Waals surface area contributed by atoms with Crippen LogP contribution in [-0.4, -0.2) is 53.2 Å². The molecule has 0 saturated carbocycles. The van der Waals surface area contributed by atoms with E-state index in [9.17, 15) is 4.79 Å². The molecule has 134 valence electrons. The SMILES string of the molecule is CCC1(N2CCCCCC2)CCCN(C(=O)OC(C)(C)C)CC1. The number of hydrogen-bond acceptors (Lipinski definition) is 3. The highest BCUT2D eigenvalue weighted by Gasteiger charge is 2.38. The number of likely N-dealkylation sites (tertiary alicyclic amines) is 2. The van der Waals surface area contributed by atoms with Crippen LogP contribution in [0.1, 0.15) is 79.1 Å². The van der Waals surface area contributed by atoms with Gasteiger partial charge in [-0.1, -0.05) is 19.8 Å². The summed E-state index contributed by atoms with van der Waals surface area (Å²) in [5.41, 5.74) is -0.114. The van der Waals surface area contributed by atoms with E-state index in [-0.39, 0.29) is 6.09 Å². The third-order valence-corrected chi connectivity index (χ3v) is 5.50. The Labute approximate surface area is 142 Å². The lowest BCUT2D eigenvalue weighted by Gasteiger charge is -2.43. The molecule has 0 aromatic carbocycles. The van der Waals surface area contributed by atoms with Crippen LogP contribution < -0.4 is 0 Å². The van der Waals surface area contributed by atoms with Crippen molar-refractivity contribution in [3.05, 3.63) is 0 Å². The molecular weight excluding hydrogens is 288 g/mol. The second kappa shape index (κ2) is 7.87. The Morgan fingerprint density at radius 3 is 2.17 bits per heavy atom.